The Hall–Kier alpha value is -3.04. The predicted molar refractivity (Wildman–Crippen MR) is 114 cm³/mol. The number of rotatable bonds is 4. The number of carbonyl (C=O) groups is 1. The summed E-state index contributed by atoms with van der Waals surface area (Å²) in [6.45, 7) is 1.93. The number of nitrogens with one attached hydrogen (secondary N) is 2. The molecule has 3 N–H and O–H groups in total. The van der Waals surface area contributed by atoms with Crippen molar-refractivity contribution in [3.8, 4) is 5.75 Å². The molecule has 30 heavy (non-hydrogen) atoms. The molecule has 1 aliphatic carbocycles. The minimum atomic E-state index is -4.28. The van der Waals surface area contributed by atoms with E-state index in [4.69, 9.17) is 11.6 Å². The number of phenols is 1. The summed E-state index contributed by atoms with van der Waals surface area (Å²) in [4.78, 5) is 15.9. The lowest BCUT2D eigenvalue weighted by Crippen LogP contribution is -2.37. The molecule has 1 aliphatic rings. The van der Waals surface area contributed by atoms with Crippen molar-refractivity contribution in [1.29, 1.82) is 0 Å². The molecule has 1 aromatic carbocycles. The van der Waals surface area contributed by atoms with E-state index < -0.39 is 26.7 Å². The summed E-state index contributed by atoms with van der Waals surface area (Å²) in [6.07, 6.45) is 6.52. The summed E-state index contributed by atoms with van der Waals surface area (Å²) in [5.41, 5.74) is 1.19. The molecule has 0 saturated heterocycles. The number of aromatic nitrogens is 2. The Kier molecular flexibility index (Phi) is 5.17. The van der Waals surface area contributed by atoms with Gasteiger partial charge in [-0.15, -0.1) is 0 Å². The summed E-state index contributed by atoms with van der Waals surface area (Å²) < 4.78 is 27.5. The van der Waals surface area contributed by atoms with Gasteiger partial charge in [0.1, 0.15) is 0 Å². The Morgan fingerprint density at radius 2 is 2.10 bits per heavy atom. The highest BCUT2D eigenvalue weighted by Gasteiger charge is 2.29. The Morgan fingerprint density at radius 1 is 1.30 bits per heavy atom. The Morgan fingerprint density at radius 3 is 2.83 bits per heavy atom. The third kappa shape index (κ3) is 3.50. The molecule has 156 valence electrons. The largest absolute Gasteiger partial charge is 0.504 e. The van der Waals surface area contributed by atoms with Crippen LogP contribution >= 0.6 is 11.6 Å². The predicted octanol–water partition coefficient (Wildman–Crippen LogP) is 3.86. The van der Waals surface area contributed by atoms with Crippen molar-refractivity contribution in [2.45, 2.75) is 30.7 Å². The number of hydrogen-bond donors (Lipinski definition) is 3. The van der Waals surface area contributed by atoms with E-state index in [1.165, 1.54) is 24.5 Å². The van der Waals surface area contributed by atoms with Gasteiger partial charge in [-0.05, 0) is 50.1 Å². The fourth-order valence-corrected chi connectivity index (χ4v) is 5.39. The minimum Gasteiger partial charge on any atom is -0.504 e. The van der Waals surface area contributed by atoms with Crippen molar-refractivity contribution in [1.82, 2.24) is 14.3 Å². The first-order valence-corrected chi connectivity index (χ1v) is 11.0. The number of fused-ring (bicyclic) bond motifs is 1. The number of nitrogens with zero attached hydrogens (tertiary/aromatic N) is 2. The lowest BCUT2D eigenvalue weighted by molar-refractivity contribution is 0.249. The fraction of sp³-hybridized carbons (Fsp3) is 0.200. The average Bonchev–Trinajstić information content (AvgIpc) is 3.31. The summed E-state index contributed by atoms with van der Waals surface area (Å²) in [6, 6.07) is 7.01. The molecule has 0 spiro atoms. The van der Waals surface area contributed by atoms with E-state index in [-0.39, 0.29) is 22.4 Å². The van der Waals surface area contributed by atoms with Crippen molar-refractivity contribution in [3.05, 3.63) is 59.4 Å². The monoisotopic (exact) mass is 446 g/mol. The standard InChI is InChI=1S/C20H19ClN4O4S/c1-12-4-2-6-15(12)23-20(27)24-16-8-7-14(21)18(17(16)26)30(28,29)25-11-9-13-5-3-10-22-19(13)25/h3-5,7-11,15,26H,2,6H2,1H3,(H2,23,24,27). The number of benzene rings is 1. The maximum absolute atomic E-state index is 13.3. The van der Waals surface area contributed by atoms with Gasteiger partial charge < -0.3 is 15.7 Å². The van der Waals surface area contributed by atoms with Crippen molar-refractivity contribution in [3.63, 3.8) is 0 Å². The molecule has 4 rings (SSSR count). The molecule has 0 aliphatic heterocycles. The number of hydrogen-bond acceptors (Lipinski definition) is 5. The van der Waals surface area contributed by atoms with E-state index in [2.05, 4.69) is 15.6 Å². The zero-order valence-electron chi connectivity index (χ0n) is 16.0. The summed E-state index contributed by atoms with van der Waals surface area (Å²) in [5, 5.41) is 16.4. The Bertz CT molecular complexity index is 1280. The smallest absolute Gasteiger partial charge is 0.319 e. The normalized spacial score (nSPS) is 16.5. The van der Waals surface area contributed by atoms with Gasteiger partial charge in [0.25, 0.3) is 10.0 Å². The first-order chi connectivity index (χ1) is 14.3. The number of carbonyl (C=O) groups excluding carboxylic acids is 1. The van der Waals surface area contributed by atoms with Crippen LogP contribution in [0.15, 0.2) is 59.3 Å². The van der Waals surface area contributed by atoms with E-state index >= 15 is 0 Å². The van der Waals surface area contributed by atoms with Gasteiger partial charge in [-0.1, -0.05) is 23.3 Å². The number of aromatic hydroxyl groups is 1. The molecule has 1 atom stereocenters. The lowest BCUT2D eigenvalue weighted by atomic mass is 10.2. The van der Waals surface area contributed by atoms with Crippen LogP contribution in [0.25, 0.3) is 11.0 Å². The van der Waals surface area contributed by atoms with Crippen LogP contribution in [0.1, 0.15) is 19.8 Å². The van der Waals surface area contributed by atoms with E-state index in [9.17, 15) is 18.3 Å². The first kappa shape index (κ1) is 20.2. The molecule has 8 nitrogen and oxygen atoms in total. The van der Waals surface area contributed by atoms with Gasteiger partial charge in [0.05, 0.1) is 16.8 Å². The van der Waals surface area contributed by atoms with Gasteiger partial charge in [-0.2, -0.15) is 0 Å². The summed E-state index contributed by atoms with van der Waals surface area (Å²) in [7, 11) is -4.28. The van der Waals surface area contributed by atoms with Gasteiger partial charge in [-0.25, -0.2) is 22.2 Å². The summed E-state index contributed by atoms with van der Waals surface area (Å²) in [5.74, 6) is -0.644. The second-order valence-corrected chi connectivity index (χ2v) is 9.14. The van der Waals surface area contributed by atoms with Crippen LogP contribution in [-0.4, -0.2) is 34.6 Å². The second kappa shape index (κ2) is 7.66. The molecule has 0 saturated carbocycles. The van der Waals surface area contributed by atoms with Gasteiger partial charge >= 0.3 is 6.03 Å². The molecule has 2 aromatic heterocycles. The van der Waals surface area contributed by atoms with Crippen LogP contribution < -0.4 is 10.6 Å². The lowest BCUT2D eigenvalue weighted by Gasteiger charge is -2.17. The molecular weight excluding hydrogens is 428 g/mol. The minimum absolute atomic E-state index is 0.0699. The molecule has 2 amide bonds. The molecule has 0 radical (unpaired) electrons. The van der Waals surface area contributed by atoms with E-state index in [1.807, 2.05) is 13.0 Å². The molecule has 0 fully saturated rings. The third-order valence-corrected chi connectivity index (χ3v) is 7.21. The van der Waals surface area contributed by atoms with Crippen LogP contribution in [0.5, 0.6) is 5.75 Å². The fourth-order valence-electron chi connectivity index (χ4n) is 3.48. The van der Waals surface area contributed by atoms with Crippen molar-refractivity contribution in [2.75, 3.05) is 5.32 Å². The SMILES string of the molecule is CC1=CCCC1NC(=O)Nc1ccc(Cl)c(S(=O)(=O)n2ccc3cccnc32)c1O. The van der Waals surface area contributed by atoms with Crippen molar-refractivity contribution >= 4 is 44.4 Å². The molecule has 1 unspecified atom stereocenters. The van der Waals surface area contributed by atoms with E-state index in [0.29, 0.717) is 5.39 Å². The van der Waals surface area contributed by atoms with Crippen LogP contribution in [0, 0.1) is 0 Å². The number of urea groups is 1. The van der Waals surface area contributed by atoms with Crippen LogP contribution in [0.2, 0.25) is 5.02 Å². The van der Waals surface area contributed by atoms with Crippen LogP contribution in [0.4, 0.5) is 10.5 Å². The summed E-state index contributed by atoms with van der Waals surface area (Å²) >= 11 is 6.14. The Balaban J connectivity index is 1.69. The molecule has 0 bridgehead atoms. The number of allylic oxidation sites excluding steroid dienone is 1. The van der Waals surface area contributed by atoms with Gasteiger partial charge in [0, 0.05) is 17.8 Å². The topological polar surface area (TPSA) is 113 Å². The van der Waals surface area contributed by atoms with Crippen LogP contribution in [0.3, 0.4) is 0 Å². The highest BCUT2D eigenvalue weighted by molar-refractivity contribution is 7.90. The quantitative estimate of drug-likeness (QED) is 0.416. The number of pyridine rings is 1. The van der Waals surface area contributed by atoms with Crippen molar-refractivity contribution < 1.29 is 18.3 Å². The average molecular weight is 447 g/mol. The molecular formula is C20H19ClN4O4S. The second-order valence-electron chi connectivity index (χ2n) is 6.98. The maximum Gasteiger partial charge on any atom is 0.319 e. The van der Waals surface area contributed by atoms with E-state index in [1.54, 1.807) is 18.2 Å². The van der Waals surface area contributed by atoms with Crippen LogP contribution in [-0.2, 0) is 10.0 Å². The zero-order chi connectivity index (χ0) is 21.5. The highest BCUT2D eigenvalue weighted by Crippen LogP contribution is 2.38. The van der Waals surface area contributed by atoms with Gasteiger partial charge in [0.2, 0.25) is 0 Å². The number of halogens is 1. The third-order valence-electron chi connectivity index (χ3n) is 5.04. The Labute approximate surface area is 178 Å². The zero-order valence-corrected chi connectivity index (χ0v) is 17.5. The van der Waals surface area contributed by atoms with E-state index in [0.717, 1.165) is 22.4 Å². The number of phenolic OH excluding ortho intramolecular Hbond substituents is 1. The maximum atomic E-state index is 13.3. The van der Waals surface area contributed by atoms with Crippen molar-refractivity contribution in [2.24, 2.45) is 0 Å². The first-order valence-electron chi connectivity index (χ1n) is 9.22. The molecule has 3 aromatic rings. The highest BCUT2D eigenvalue weighted by atomic mass is 35.5. The molecule has 10 heteroatoms. The molecule has 2 heterocycles. The number of anilines is 1. The van der Waals surface area contributed by atoms with Gasteiger partial charge in [-0.3, -0.25) is 0 Å². The van der Waals surface area contributed by atoms with Gasteiger partial charge in [0.15, 0.2) is 16.3 Å². The number of amides is 2.